The van der Waals surface area contributed by atoms with E-state index in [1.54, 1.807) is 12.3 Å². The standard InChI is InChI=1S/C14H11N5/c15-8-12-7-14(19-18-12)17-9-10-3-4-13-11(6-10)2-1-5-16-13/h1-7H,9H2,(H2,17,18,19). The number of nitriles is 1. The zero-order valence-corrected chi connectivity index (χ0v) is 10.1. The van der Waals surface area contributed by atoms with E-state index >= 15 is 0 Å². The minimum Gasteiger partial charge on any atom is -0.364 e. The highest BCUT2D eigenvalue weighted by atomic mass is 15.2. The van der Waals surface area contributed by atoms with E-state index in [1.807, 2.05) is 30.3 Å². The van der Waals surface area contributed by atoms with E-state index in [0.29, 0.717) is 18.1 Å². The van der Waals surface area contributed by atoms with Gasteiger partial charge in [-0.15, -0.1) is 0 Å². The third-order valence-electron chi connectivity index (χ3n) is 2.84. The Morgan fingerprint density at radius 2 is 2.21 bits per heavy atom. The lowest BCUT2D eigenvalue weighted by Gasteiger charge is -2.04. The van der Waals surface area contributed by atoms with Crippen LogP contribution in [0.25, 0.3) is 10.9 Å². The van der Waals surface area contributed by atoms with E-state index in [0.717, 1.165) is 16.5 Å². The van der Waals surface area contributed by atoms with Crippen LogP contribution in [0.1, 0.15) is 11.3 Å². The van der Waals surface area contributed by atoms with Gasteiger partial charge in [-0.2, -0.15) is 10.4 Å². The van der Waals surface area contributed by atoms with Gasteiger partial charge in [0.2, 0.25) is 0 Å². The van der Waals surface area contributed by atoms with Gasteiger partial charge in [0.15, 0.2) is 0 Å². The molecular formula is C14H11N5. The maximum atomic E-state index is 8.70. The van der Waals surface area contributed by atoms with E-state index in [2.05, 4.69) is 26.6 Å². The van der Waals surface area contributed by atoms with Gasteiger partial charge in [0.05, 0.1) is 5.52 Å². The molecule has 0 saturated carbocycles. The van der Waals surface area contributed by atoms with Crippen LogP contribution < -0.4 is 5.32 Å². The maximum absolute atomic E-state index is 8.70. The molecule has 0 aliphatic heterocycles. The van der Waals surface area contributed by atoms with Crippen LogP contribution in [0.4, 0.5) is 5.82 Å². The van der Waals surface area contributed by atoms with Gasteiger partial charge < -0.3 is 5.32 Å². The number of benzene rings is 1. The molecule has 0 bridgehead atoms. The number of nitrogens with one attached hydrogen (secondary N) is 2. The van der Waals surface area contributed by atoms with Crippen molar-refractivity contribution in [3.05, 3.63) is 53.9 Å². The van der Waals surface area contributed by atoms with Crippen molar-refractivity contribution >= 4 is 16.7 Å². The van der Waals surface area contributed by atoms with E-state index in [-0.39, 0.29) is 0 Å². The fraction of sp³-hybridized carbons (Fsp3) is 0.0714. The first kappa shape index (κ1) is 11.2. The molecule has 2 heterocycles. The Labute approximate surface area is 109 Å². The summed E-state index contributed by atoms with van der Waals surface area (Å²) in [4.78, 5) is 4.28. The van der Waals surface area contributed by atoms with Crippen molar-refractivity contribution in [1.29, 1.82) is 5.26 Å². The molecule has 0 radical (unpaired) electrons. The summed E-state index contributed by atoms with van der Waals surface area (Å²) in [5.74, 6) is 0.669. The molecule has 2 N–H and O–H groups in total. The van der Waals surface area contributed by atoms with Crippen LogP contribution in [0.5, 0.6) is 0 Å². The zero-order valence-electron chi connectivity index (χ0n) is 10.1. The van der Waals surface area contributed by atoms with E-state index in [4.69, 9.17) is 5.26 Å². The van der Waals surface area contributed by atoms with E-state index in [1.165, 1.54) is 0 Å². The fourth-order valence-electron chi connectivity index (χ4n) is 1.90. The Morgan fingerprint density at radius 1 is 1.26 bits per heavy atom. The van der Waals surface area contributed by atoms with Gasteiger partial charge in [-0.25, -0.2) is 0 Å². The molecule has 92 valence electrons. The molecule has 3 aromatic rings. The molecule has 0 atom stereocenters. The van der Waals surface area contributed by atoms with Crippen molar-refractivity contribution in [2.75, 3.05) is 5.32 Å². The molecule has 0 amide bonds. The molecule has 5 nitrogen and oxygen atoms in total. The summed E-state index contributed by atoms with van der Waals surface area (Å²) in [7, 11) is 0. The number of nitrogens with zero attached hydrogens (tertiary/aromatic N) is 3. The van der Waals surface area contributed by atoms with Crippen molar-refractivity contribution in [2.45, 2.75) is 6.54 Å². The number of aromatic nitrogens is 3. The van der Waals surface area contributed by atoms with Crippen molar-refractivity contribution in [3.63, 3.8) is 0 Å². The molecule has 0 fully saturated rings. The highest BCUT2D eigenvalue weighted by Crippen LogP contribution is 2.14. The lowest BCUT2D eigenvalue weighted by atomic mass is 10.1. The molecule has 0 spiro atoms. The first-order valence-corrected chi connectivity index (χ1v) is 5.88. The van der Waals surface area contributed by atoms with Gasteiger partial charge in [-0.1, -0.05) is 12.1 Å². The Hall–Kier alpha value is -2.87. The summed E-state index contributed by atoms with van der Waals surface area (Å²) in [6, 6.07) is 13.8. The van der Waals surface area contributed by atoms with Crippen molar-refractivity contribution in [1.82, 2.24) is 15.2 Å². The summed E-state index contributed by atoms with van der Waals surface area (Å²) in [5.41, 5.74) is 2.57. The molecule has 0 saturated heterocycles. The smallest absolute Gasteiger partial charge is 0.149 e. The van der Waals surface area contributed by atoms with E-state index < -0.39 is 0 Å². The first-order chi connectivity index (χ1) is 9.35. The van der Waals surface area contributed by atoms with Crippen LogP contribution in [-0.4, -0.2) is 15.2 Å². The minimum atomic E-state index is 0.449. The number of H-pyrrole nitrogens is 1. The highest BCUT2D eigenvalue weighted by Gasteiger charge is 2.01. The highest BCUT2D eigenvalue weighted by molar-refractivity contribution is 5.78. The third-order valence-corrected chi connectivity index (χ3v) is 2.84. The molecule has 0 unspecified atom stereocenters. The van der Waals surface area contributed by atoms with E-state index in [9.17, 15) is 0 Å². The van der Waals surface area contributed by atoms with Crippen LogP contribution in [0.3, 0.4) is 0 Å². The average Bonchev–Trinajstić information content (AvgIpc) is 2.93. The normalized spacial score (nSPS) is 10.3. The van der Waals surface area contributed by atoms with Gasteiger partial charge in [0.25, 0.3) is 0 Å². The molecule has 5 heteroatoms. The predicted molar refractivity (Wildman–Crippen MR) is 72.4 cm³/mol. The average molecular weight is 249 g/mol. The summed E-state index contributed by atoms with van der Waals surface area (Å²) in [6.07, 6.45) is 1.79. The van der Waals surface area contributed by atoms with Crippen molar-refractivity contribution in [3.8, 4) is 6.07 Å². The van der Waals surface area contributed by atoms with Gasteiger partial charge in [-0.3, -0.25) is 10.1 Å². The Bertz CT molecular complexity index is 754. The van der Waals surface area contributed by atoms with Gasteiger partial charge in [-0.05, 0) is 23.8 Å². The Balaban J connectivity index is 1.76. The Kier molecular flexibility index (Phi) is 2.83. The maximum Gasteiger partial charge on any atom is 0.149 e. The summed E-state index contributed by atoms with van der Waals surface area (Å²) >= 11 is 0. The van der Waals surface area contributed by atoms with Crippen LogP contribution in [0.15, 0.2) is 42.6 Å². The largest absolute Gasteiger partial charge is 0.364 e. The van der Waals surface area contributed by atoms with Crippen LogP contribution in [0, 0.1) is 11.3 Å². The summed E-state index contributed by atoms with van der Waals surface area (Å²) in [5, 5.41) is 19.6. The predicted octanol–water partition coefficient (Wildman–Crippen LogP) is 2.44. The first-order valence-electron chi connectivity index (χ1n) is 5.88. The molecular weight excluding hydrogens is 238 g/mol. The number of anilines is 1. The second kappa shape index (κ2) is 4.78. The second-order valence-corrected chi connectivity index (χ2v) is 4.16. The molecule has 19 heavy (non-hydrogen) atoms. The minimum absolute atomic E-state index is 0.449. The fourth-order valence-corrected chi connectivity index (χ4v) is 1.90. The third kappa shape index (κ3) is 2.38. The molecule has 0 aliphatic rings. The zero-order chi connectivity index (χ0) is 13.1. The second-order valence-electron chi connectivity index (χ2n) is 4.16. The Morgan fingerprint density at radius 3 is 3.05 bits per heavy atom. The molecule has 0 aliphatic carbocycles. The number of hydrogen-bond donors (Lipinski definition) is 2. The van der Waals surface area contributed by atoms with Crippen LogP contribution in [-0.2, 0) is 6.54 Å². The van der Waals surface area contributed by atoms with Crippen LogP contribution in [0.2, 0.25) is 0 Å². The topological polar surface area (TPSA) is 77.4 Å². The number of aromatic amines is 1. The van der Waals surface area contributed by atoms with Crippen molar-refractivity contribution in [2.24, 2.45) is 0 Å². The van der Waals surface area contributed by atoms with Crippen LogP contribution >= 0.6 is 0 Å². The number of fused-ring (bicyclic) bond motifs is 1. The summed E-state index contributed by atoms with van der Waals surface area (Å²) in [6.45, 7) is 0.653. The van der Waals surface area contributed by atoms with Crippen molar-refractivity contribution < 1.29 is 0 Å². The number of hydrogen-bond acceptors (Lipinski definition) is 4. The SMILES string of the molecule is N#Cc1cc(NCc2ccc3ncccc3c2)n[nH]1. The summed E-state index contributed by atoms with van der Waals surface area (Å²) < 4.78 is 0. The van der Waals surface area contributed by atoms with Gasteiger partial charge in [0, 0.05) is 24.2 Å². The monoisotopic (exact) mass is 249 g/mol. The number of rotatable bonds is 3. The number of pyridine rings is 1. The lowest BCUT2D eigenvalue weighted by molar-refractivity contribution is 1.04. The lowest BCUT2D eigenvalue weighted by Crippen LogP contribution is -1.99. The molecule has 1 aromatic carbocycles. The van der Waals surface area contributed by atoms with Gasteiger partial charge in [0.1, 0.15) is 17.6 Å². The quantitative estimate of drug-likeness (QED) is 0.747. The van der Waals surface area contributed by atoms with Gasteiger partial charge >= 0.3 is 0 Å². The molecule has 3 rings (SSSR count). The molecule has 2 aromatic heterocycles.